The predicted octanol–water partition coefficient (Wildman–Crippen LogP) is 2.27. The standard InChI is InChI=1S/C11H13F3N2O/c1-6(2)9(15)10(17)7-5-16-4-3-8(7)11(12,13)14/h3-6,9H,15H2,1-2H3. The largest absolute Gasteiger partial charge is 0.417 e. The van der Waals surface area contributed by atoms with Gasteiger partial charge in [0.2, 0.25) is 0 Å². The lowest BCUT2D eigenvalue weighted by Gasteiger charge is -2.17. The molecule has 0 aliphatic heterocycles. The van der Waals surface area contributed by atoms with E-state index in [4.69, 9.17) is 5.73 Å². The SMILES string of the molecule is CC(C)C(N)C(=O)c1cnccc1C(F)(F)F. The van der Waals surface area contributed by atoms with Crippen LogP contribution >= 0.6 is 0 Å². The molecule has 0 amide bonds. The molecule has 0 spiro atoms. The van der Waals surface area contributed by atoms with E-state index in [1.165, 1.54) is 0 Å². The second-order valence-electron chi connectivity index (χ2n) is 4.05. The monoisotopic (exact) mass is 246 g/mol. The van der Waals surface area contributed by atoms with Crippen LogP contribution in [-0.2, 0) is 6.18 Å². The third-order valence-corrected chi connectivity index (χ3v) is 2.41. The number of aromatic nitrogens is 1. The van der Waals surface area contributed by atoms with Crippen LogP contribution in [-0.4, -0.2) is 16.8 Å². The van der Waals surface area contributed by atoms with Crippen LogP contribution in [0.25, 0.3) is 0 Å². The maximum absolute atomic E-state index is 12.7. The van der Waals surface area contributed by atoms with E-state index in [2.05, 4.69) is 4.98 Å². The number of rotatable bonds is 3. The molecule has 1 heterocycles. The molecule has 0 aliphatic carbocycles. The molecular formula is C11H13F3N2O. The molecule has 0 saturated carbocycles. The van der Waals surface area contributed by atoms with Crippen molar-refractivity contribution < 1.29 is 18.0 Å². The molecule has 17 heavy (non-hydrogen) atoms. The van der Waals surface area contributed by atoms with Gasteiger partial charge >= 0.3 is 6.18 Å². The van der Waals surface area contributed by atoms with Crippen LogP contribution in [0.4, 0.5) is 13.2 Å². The van der Waals surface area contributed by atoms with Gasteiger partial charge in [-0.05, 0) is 12.0 Å². The Balaban J connectivity index is 3.19. The van der Waals surface area contributed by atoms with Crippen molar-refractivity contribution in [2.75, 3.05) is 0 Å². The van der Waals surface area contributed by atoms with Crippen LogP contribution in [0.15, 0.2) is 18.5 Å². The molecule has 6 heteroatoms. The molecule has 2 N–H and O–H groups in total. The molecule has 1 atom stereocenters. The lowest BCUT2D eigenvalue weighted by Crippen LogP contribution is -2.36. The Morgan fingerprint density at radius 2 is 2.00 bits per heavy atom. The molecule has 0 aliphatic rings. The zero-order valence-corrected chi connectivity index (χ0v) is 9.45. The molecule has 3 nitrogen and oxygen atoms in total. The molecule has 1 unspecified atom stereocenters. The lowest BCUT2D eigenvalue weighted by molar-refractivity contribution is -0.138. The van der Waals surface area contributed by atoms with E-state index in [1.54, 1.807) is 13.8 Å². The first-order valence-corrected chi connectivity index (χ1v) is 5.06. The number of nitrogens with zero attached hydrogens (tertiary/aromatic N) is 1. The molecule has 0 radical (unpaired) electrons. The maximum atomic E-state index is 12.7. The van der Waals surface area contributed by atoms with Crippen LogP contribution in [0.2, 0.25) is 0 Å². The van der Waals surface area contributed by atoms with Crippen molar-refractivity contribution in [3.63, 3.8) is 0 Å². The fraction of sp³-hybridized carbons (Fsp3) is 0.455. The average molecular weight is 246 g/mol. The van der Waals surface area contributed by atoms with Gasteiger partial charge in [0.25, 0.3) is 0 Å². The van der Waals surface area contributed by atoms with Gasteiger partial charge < -0.3 is 5.73 Å². The highest BCUT2D eigenvalue weighted by Crippen LogP contribution is 2.32. The van der Waals surface area contributed by atoms with Crippen LogP contribution in [0.1, 0.15) is 29.8 Å². The molecule has 0 saturated heterocycles. The normalized spacial score (nSPS) is 13.8. The zero-order valence-electron chi connectivity index (χ0n) is 9.45. The molecule has 0 aromatic carbocycles. The fourth-order valence-corrected chi connectivity index (χ4v) is 1.32. The first kappa shape index (κ1) is 13.6. The van der Waals surface area contributed by atoms with Crippen LogP contribution < -0.4 is 5.73 Å². The summed E-state index contributed by atoms with van der Waals surface area (Å²) in [7, 11) is 0. The van der Waals surface area contributed by atoms with Gasteiger partial charge in [-0.1, -0.05) is 13.8 Å². The number of ketones is 1. The second kappa shape index (κ2) is 4.83. The molecular weight excluding hydrogens is 233 g/mol. The van der Waals surface area contributed by atoms with Crippen molar-refractivity contribution in [2.45, 2.75) is 26.1 Å². The first-order chi connectivity index (χ1) is 7.75. The summed E-state index contributed by atoms with van der Waals surface area (Å²) in [6, 6.07) is -0.180. The van der Waals surface area contributed by atoms with Gasteiger partial charge in [0.05, 0.1) is 11.6 Å². The topological polar surface area (TPSA) is 56.0 Å². The number of nitrogens with two attached hydrogens (primary N) is 1. The summed E-state index contributed by atoms with van der Waals surface area (Å²) in [4.78, 5) is 15.3. The number of pyridine rings is 1. The van der Waals surface area contributed by atoms with Crippen molar-refractivity contribution in [3.05, 3.63) is 29.6 Å². The Bertz CT molecular complexity index is 415. The van der Waals surface area contributed by atoms with Gasteiger partial charge in [-0.15, -0.1) is 0 Å². The Morgan fingerprint density at radius 1 is 1.41 bits per heavy atom. The minimum atomic E-state index is -4.58. The fourth-order valence-electron chi connectivity index (χ4n) is 1.32. The Morgan fingerprint density at radius 3 is 2.47 bits per heavy atom. The summed E-state index contributed by atoms with van der Waals surface area (Å²) in [5.74, 6) is -0.968. The van der Waals surface area contributed by atoms with Crippen LogP contribution in [0, 0.1) is 5.92 Å². The molecule has 1 aromatic rings. The lowest BCUT2D eigenvalue weighted by atomic mass is 9.94. The quantitative estimate of drug-likeness (QED) is 0.832. The van der Waals surface area contributed by atoms with Gasteiger partial charge in [-0.2, -0.15) is 13.2 Å². The van der Waals surface area contributed by atoms with Gasteiger partial charge in [0.1, 0.15) is 0 Å². The molecule has 1 rings (SSSR count). The summed E-state index contributed by atoms with van der Waals surface area (Å²) in [5.41, 5.74) is 4.10. The number of carbonyl (C=O) groups excluding carboxylic acids is 1. The Kier molecular flexibility index (Phi) is 3.87. The van der Waals surface area contributed by atoms with Crippen LogP contribution in [0.5, 0.6) is 0 Å². The smallest absolute Gasteiger partial charge is 0.321 e. The first-order valence-electron chi connectivity index (χ1n) is 5.06. The number of hydrogen-bond acceptors (Lipinski definition) is 3. The van der Waals surface area contributed by atoms with E-state index >= 15 is 0 Å². The van der Waals surface area contributed by atoms with Crippen molar-refractivity contribution in [3.8, 4) is 0 Å². The minimum absolute atomic E-state index is 0.233. The number of halogens is 3. The highest BCUT2D eigenvalue weighted by molar-refractivity contribution is 6.01. The predicted molar refractivity (Wildman–Crippen MR) is 56.4 cm³/mol. The third-order valence-electron chi connectivity index (χ3n) is 2.41. The van der Waals surface area contributed by atoms with Crippen LogP contribution in [0.3, 0.4) is 0 Å². The molecule has 0 fully saturated rings. The zero-order chi connectivity index (χ0) is 13.2. The average Bonchev–Trinajstić information content (AvgIpc) is 2.25. The van der Waals surface area contributed by atoms with Gasteiger partial charge in [0, 0.05) is 18.0 Å². The number of Topliss-reactive ketones (excluding diaryl/α,β-unsaturated/α-hetero) is 1. The maximum Gasteiger partial charge on any atom is 0.417 e. The highest BCUT2D eigenvalue weighted by Gasteiger charge is 2.36. The number of alkyl halides is 3. The van der Waals surface area contributed by atoms with Gasteiger partial charge in [-0.25, -0.2) is 0 Å². The van der Waals surface area contributed by atoms with E-state index in [0.29, 0.717) is 0 Å². The third kappa shape index (κ3) is 3.03. The van der Waals surface area contributed by atoms with Crippen molar-refractivity contribution in [1.82, 2.24) is 4.98 Å². The second-order valence-corrected chi connectivity index (χ2v) is 4.05. The van der Waals surface area contributed by atoms with E-state index in [0.717, 1.165) is 18.5 Å². The summed E-state index contributed by atoms with van der Waals surface area (Å²) in [6.45, 7) is 3.35. The summed E-state index contributed by atoms with van der Waals surface area (Å²) < 4.78 is 38.0. The van der Waals surface area contributed by atoms with E-state index in [1.807, 2.05) is 0 Å². The summed E-state index contributed by atoms with van der Waals surface area (Å²) in [6.07, 6.45) is -2.67. The number of hydrogen-bond donors (Lipinski definition) is 1. The van der Waals surface area contributed by atoms with Crippen molar-refractivity contribution in [2.24, 2.45) is 11.7 Å². The van der Waals surface area contributed by atoms with Gasteiger partial charge in [-0.3, -0.25) is 9.78 Å². The van der Waals surface area contributed by atoms with Crippen molar-refractivity contribution >= 4 is 5.78 Å². The minimum Gasteiger partial charge on any atom is -0.321 e. The van der Waals surface area contributed by atoms with Crippen molar-refractivity contribution in [1.29, 1.82) is 0 Å². The molecule has 94 valence electrons. The Labute approximate surface area is 96.8 Å². The molecule has 0 bridgehead atoms. The van der Waals surface area contributed by atoms with E-state index in [-0.39, 0.29) is 5.92 Å². The Hall–Kier alpha value is -1.43. The van der Waals surface area contributed by atoms with E-state index < -0.39 is 29.1 Å². The highest BCUT2D eigenvalue weighted by atomic mass is 19.4. The van der Waals surface area contributed by atoms with Gasteiger partial charge in [0.15, 0.2) is 5.78 Å². The number of carbonyl (C=O) groups is 1. The summed E-state index contributed by atoms with van der Waals surface area (Å²) >= 11 is 0. The summed E-state index contributed by atoms with van der Waals surface area (Å²) in [5, 5.41) is 0. The van der Waals surface area contributed by atoms with E-state index in [9.17, 15) is 18.0 Å². The molecule has 1 aromatic heterocycles.